The molecule has 0 aliphatic carbocycles. The summed E-state index contributed by atoms with van der Waals surface area (Å²) in [6, 6.07) is 8.82. The molecule has 0 N–H and O–H groups in total. The normalized spacial score (nSPS) is 23.1. The van der Waals surface area contributed by atoms with E-state index in [2.05, 4.69) is 0 Å². The van der Waals surface area contributed by atoms with E-state index in [1.165, 1.54) is 0 Å². The fourth-order valence-electron chi connectivity index (χ4n) is 2.76. The van der Waals surface area contributed by atoms with E-state index in [-0.39, 0.29) is 37.1 Å². The number of rotatable bonds is 6. The molecule has 1 heterocycles. The Kier molecular flexibility index (Phi) is 7.39. The first-order valence-electron chi connectivity index (χ1n) is 9.39. The predicted octanol–water partition coefficient (Wildman–Crippen LogP) is 3.73. The Hall–Kier alpha value is -1.92. The van der Waals surface area contributed by atoms with E-state index in [4.69, 9.17) is 18.9 Å². The van der Waals surface area contributed by atoms with Gasteiger partial charge in [0.05, 0.1) is 24.2 Å². The molecule has 1 aromatic rings. The molecule has 1 unspecified atom stereocenters. The van der Waals surface area contributed by atoms with Crippen molar-refractivity contribution in [2.45, 2.75) is 71.6 Å². The number of benzene rings is 1. The van der Waals surface area contributed by atoms with E-state index in [1.54, 1.807) is 24.3 Å². The molecule has 0 aromatic heterocycles. The molecule has 1 aliphatic rings. The van der Waals surface area contributed by atoms with E-state index < -0.39 is 17.9 Å². The van der Waals surface area contributed by atoms with Gasteiger partial charge in [-0.3, -0.25) is 4.79 Å². The Morgan fingerprint density at radius 2 is 1.74 bits per heavy atom. The molecule has 6 heteroatoms. The summed E-state index contributed by atoms with van der Waals surface area (Å²) in [5.74, 6) is -0.592. The second kappa shape index (κ2) is 9.33. The second-order valence-corrected chi connectivity index (χ2v) is 8.12. The smallest absolute Gasteiger partial charge is 0.338 e. The number of hydrogen-bond donors (Lipinski definition) is 0. The first kappa shape index (κ1) is 21.4. The minimum absolute atomic E-state index is 0.110. The fourth-order valence-corrected chi connectivity index (χ4v) is 2.76. The topological polar surface area (TPSA) is 71.1 Å². The standard InChI is InChI=1S/C21H30O6/c1-14(2)20-25-16(12-18(22)27-21(3,4)5)11-17(26-20)13-24-19(23)15-9-7-6-8-10-15/h6-10,14,16-17,20H,11-13H2,1-5H3/t16-,17+,20?/m1/s1. The van der Waals surface area contributed by atoms with Crippen LogP contribution in [0.5, 0.6) is 0 Å². The van der Waals surface area contributed by atoms with Crippen molar-refractivity contribution in [2.75, 3.05) is 6.61 Å². The first-order valence-corrected chi connectivity index (χ1v) is 9.39. The lowest BCUT2D eigenvalue weighted by Gasteiger charge is -2.37. The largest absolute Gasteiger partial charge is 0.460 e. The second-order valence-electron chi connectivity index (χ2n) is 8.12. The van der Waals surface area contributed by atoms with Crippen molar-refractivity contribution in [3.8, 4) is 0 Å². The monoisotopic (exact) mass is 378 g/mol. The SMILES string of the molecule is CC(C)C1O[C@H](COC(=O)c2ccccc2)C[C@H](CC(=O)OC(C)(C)C)O1. The molecular formula is C21H30O6. The van der Waals surface area contributed by atoms with Crippen LogP contribution in [0.4, 0.5) is 0 Å². The molecule has 27 heavy (non-hydrogen) atoms. The number of carbonyl (C=O) groups excluding carboxylic acids is 2. The summed E-state index contributed by atoms with van der Waals surface area (Å²) in [7, 11) is 0. The zero-order valence-electron chi connectivity index (χ0n) is 16.8. The van der Waals surface area contributed by atoms with Crippen LogP contribution in [0.3, 0.4) is 0 Å². The van der Waals surface area contributed by atoms with Crippen molar-refractivity contribution in [3.63, 3.8) is 0 Å². The van der Waals surface area contributed by atoms with Crippen LogP contribution < -0.4 is 0 Å². The Morgan fingerprint density at radius 1 is 1.11 bits per heavy atom. The summed E-state index contributed by atoms with van der Waals surface area (Å²) in [5.41, 5.74) is -0.0418. The molecule has 0 bridgehead atoms. The van der Waals surface area contributed by atoms with E-state index in [0.29, 0.717) is 12.0 Å². The number of carbonyl (C=O) groups is 2. The average Bonchev–Trinajstić information content (AvgIpc) is 2.58. The molecule has 2 rings (SSSR count). The molecular weight excluding hydrogens is 348 g/mol. The van der Waals surface area contributed by atoms with Gasteiger partial charge in [0.1, 0.15) is 12.2 Å². The zero-order valence-corrected chi connectivity index (χ0v) is 16.8. The number of hydrogen-bond acceptors (Lipinski definition) is 6. The highest BCUT2D eigenvalue weighted by atomic mass is 16.7. The van der Waals surface area contributed by atoms with Crippen LogP contribution in [-0.2, 0) is 23.7 Å². The van der Waals surface area contributed by atoms with Gasteiger partial charge in [-0.2, -0.15) is 0 Å². The highest BCUT2D eigenvalue weighted by molar-refractivity contribution is 5.89. The maximum atomic E-state index is 12.1. The quantitative estimate of drug-likeness (QED) is 0.703. The van der Waals surface area contributed by atoms with Gasteiger partial charge in [-0.1, -0.05) is 32.0 Å². The first-order chi connectivity index (χ1) is 12.6. The summed E-state index contributed by atoms with van der Waals surface area (Å²) in [4.78, 5) is 24.3. The van der Waals surface area contributed by atoms with E-state index in [0.717, 1.165) is 0 Å². The summed E-state index contributed by atoms with van der Waals surface area (Å²) in [6.45, 7) is 9.57. The van der Waals surface area contributed by atoms with Crippen molar-refractivity contribution in [2.24, 2.45) is 5.92 Å². The molecule has 3 atom stereocenters. The third-order valence-electron chi connectivity index (χ3n) is 3.95. The van der Waals surface area contributed by atoms with E-state index in [1.807, 2.05) is 40.7 Å². The summed E-state index contributed by atoms with van der Waals surface area (Å²) in [5, 5.41) is 0. The van der Waals surface area contributed by atoms with Gasteiger partial charge in [-0.05, 0) is 32.9 Å². The van der Waals surface area contributed by atoms with Crippen molar-refractivity contribution in [1.82, 2.24) is 0 Å². The van der Waals surface area contributed by atoms with Gasteiger partial charge in [0, 0.05) is 12.3 Å². The average molecular weight is 378 g/mol. The lowest BCUT2D eigenvalue weighted by Crippen LogP contribution is -2.44. The predicted molar refractivity (Wildman–Crippen MR) is 100 cm³/mol. The van der Waals surface area contributed by atoms with Crippen molar-refractivity contribution in [1.29, 1.82) is 0 Å². The Balaban J connectivity index is 1.93. The highest BCUT2D eigenvalue weighted by Crippen LogP contribution is 2.26. The Bertz CT molecular complexity index is 619. The molecule has 0 radical (unpaired) electrons. The lowest BCUT2D eigenvalue weighted by molar-refractivity contribution is -0.265. The molecule has 1 fully saturated rings. The third kappa shape index (κ3) is 7.31. The minimum Gasteiger partial charge on any atom is -0.460 e. The molecule has 0 amide bonds. The molecule has 6 nitrogen and oxygen atoms in total. The third-order valence-corrected chi connectivity index (χ3v) is 3.95. The number of ether oxygens (including phenoxy) is 4. The maximum absolute atomic E-state index is 12.1. The van der Waals surface area contributed by atoms with Crippen molar-refractivity contribution < 1.29 is 28.5 Å². The van der Waals surface area contributed by atoms with E-state index >= 15 is 0 Å². The number of esters is 2. The molecule has 0 saturated carbocycles. The molecule has 1 saturated heterocycles. The van der Waals surface area contributed by atoms with Crippen LogP contribution in [-0.4, -0.2) is 42.6 Å². The van der Waals surface area contributed by atoms with E-state index in [9.17, 15) is 9.59 Å². The van der Waals surface area contributed by atoms with Crippen LogP contribution in [0, 0.1) is 5.92 Å². The molecule has 1 aromatic carbocycles. The summed E-state index contributed by atoms with van der Waals surface area (Å²) < 4.78 is 22.6. The van der Waals surface area contributed by atoms with Gasteiger partial charge in [-0.25, -0.2) is 4.79 Å². The lowest BCUT2D eigenvalue weighted by atomic mass is 10.1. The Morgan fingerprint density at radius 3 is 2.33 bits per heavy atom. The van der Waals surface area contributed by atoms with Crippen LogP contribution in [0.1, 0.15) is 57.8 Å². The summed E-state index contributed by atoms with van der Waals surface area (Å²) >= 11 is 0. The van der Waals surface area contributed by atoms with Crippen molar-refractivity contribution in [3.05, 3.63) is 35.9 Å². The minimum atomic E-state index is -0.537. The van der Waals surface area contributed by atoms with Crippen LogP contribution in [0.2, 0.25) is 0 Å². The van der Waals surface area contributed by atoms with Gasteiger partial charge in [-0.15, -0.1) is 0 Å². The molecule has 1 aliphatic heterocycles. The molecule has 150 valence electrons. The maximum Gasteiger partial charge on any atom is 0.338 e. The summed E-state index contributed by atoms with van der Waals surface area (Å²) in [6.07, 6.45) is -0.503. The van der Waals surface area contributed by atoms with Gasteiger partial charge in [0.15, 0.2) is 6.29 Å². The highest BCUT2D eigenvalue weighted by Gasteiger charge is 2.34. The van der Waals surface area contributed by atoms with Gasteiger partial charge in [0.25, 0.3) is 0 Å². The Labute approximate surface area is 161 Å². The van der Waals surface area contributed by atoms with Gasteiger partial charge >= 0.3 is 11.9 Å². The zero-order chi connectivity index (χ0) is 20.0. The molecule has 0 spiro atoms. The van der Waals surface area contributed by atoms with Crippen LogP contribution >= 0.6 is 0 Å². The van der Waals surface area contributed by atoms with Gasteiger partial charge < -0.3 is 18.9 Å². The fraction of sp³-hybridized carbons (Fsp3) is 0.619. The van der Waals surface area contributed by atoms with Gasteiger partial charge in [0.2, 0.25) is 0 Å². The van der Waals surface area contributed by atoms with Crippen LogP contribution in [0.25, 0.3) is 0 Å². The van der Waals surface area contributed by atoms with Crippen molar-refractivity contribution >= 4 is 11.9 Å². The van der Waals surface area contributed by atoms with Crippen LogP contribution in [0.15, 0.2) is 30.3 Å².